The van der Waals surface area contributed by atoms with Crippen LogP contribution < -0.4 is 5.73 Å². The molecule has 2 unspecified atom stereocenters. The molecule has 4 heteroatoms. The van der Waals surface area contributed by atoms with Gasteiger partial charge in [0.25, 0.3) is 0 Å². The summed E-state index contributed by atoms with van der Waals surface area (Å²) in [6, 6.07) is 13.3. The van der Waals surface area contributed by atoms with Crippen LogP contribution in [0.15, 0.2) is 48.2 Å². The number of benzene rings is 1. The minimum atomic E-state index is -0.127. The van der Waals surface area contributed by atoms with Gasteiger partial charge in [-0.25, -0.2) is 0 Å². The summed E-state index contributed by atoms with van der Waals surface area (Å²) in [5.74, 6) is 1.23. The number of allylic oxidation sites excluding steroid dienone is 4. The van der Waals surface area contributed by atoms with Gasteiger partial charge in [-0.05, 0) is 72.3 Å². The first-order valence-corrected chi connectivity index (χ1v) is 11.3. The largest absolute Gasteiger partial charge is 0.321 e. The molecule has 2 fully saturated rings. The van der Waals surface area contributed by atoms with Crippen LogP contribution in [0.5, 0.6) is 0 Å². The molecule has 5 rings (SSSR count). The highest BCUT2D eigenvalue weighted by atomic mass is 31.0. The van der Waals surface area contributed by atoms with Gasteiger partial charge < -0.3 is 5.73 Å². The highest BCUT2D eigenvalue weighted by Gasteiger charge is 2.29. The van der Waals surface area contributed by atoms with E-state index in [1.807, 2.05) is 18.3 Å². The van der Waals surface area contributed by atoms with Crippen LogP contribution in [0.25, 0.3) is 11.1 Å². The Morgan fingerprint density at radius 1 is 1.10 bits per heavy atom. The molecule has 1 aromatic carbocycles. The summed E-state index contributed by atoms with van der Waals surface area (Å²) in [7, 11) is 2.60. The maximum Gasteiger partial charge on any atom is 0.100 e. The molecule has 0 aliphatic heterocycles. The third-order valence-corrected chi connectivity index (χ3v) is 7.01. The molecule has 3 aliphatic carbocycles. The number of nitriles is 1. The molecule has 2 N–H and O–H groups in total. The third kappa shape index (κ3) is 3.57. The van der Waals surface area contributed by atoms with Crippen LogP contribution in [-0.4, -0.2) is 4.98 Å². The molecule has 0 bridgehead atoms. The molecule has 0 amide bonds. The van der Waals surface area contributed by atoms with Crippen LogP contribution >= 0.6 is 9.24 Å². The van der Waals surface area contributed by atoms with Gasteiger partial charge in [0, 0.05) is 17.6 Å². The maximum atomic E-state index is 10.1. The summed E-state index contributed by atoms with van der Waals surface area (Å²) in [6.07, 6.45) is 11.5. The van der Waals surface area contributed by atoms with Gasteiger partial charge in [0.2, 0.25) is 0 Å². The Kier molecular flexibility index (Phi) is 4.86. The average molecular weight is 399 g/mol. The quantitative estimate of drug-likeness (QED) is 0.690. The molecule has 2 aromatic rings. The van der Waals surface area contributed by atoms with Gasteiger partial charge in [0.15, 0.2) is 0 Å². The minimum Gasteiger partial charge on any atom is -0.321 e. The molecule has 1 aromatic heterocycles. The molecule has 2 saturated carbocycles. The lowest BCUT2D eigenvalue weighted by Crippen LogP contribution is -2.15. The summed E-state index contributed by atoms with van der Waals surface area (Å²) in [6.45, 7) is 0. The summed E-state index contributed by atoms with van der Waals surface area (Å²) in [5.41, 5.74) is 14.8. The van der Waals surface area contributed by atoms with Gasteiger partial charge in [-0.2, -0.15) is 5.26 Å². The Morgan fingerprint density at radius 2 is 1.93 bits per heavy atom. The monoisotopic (exact) mass is 399 g/mol. The Bertz CT molecular complexity index is 1050. The molecule has 2 atom stereocenters. The normalized spacial score (nSPS) is 20.2. The van der Waals surface area contributed by atoms with Crippen LogP contribution in [0.4, 0.5) is 0 Å². The van der Waals surface area contributed by atoms with E-state index in [1.165, 1.54) is 48.8 Å². The third-order valence-electron chi connectivity index (χ3n) is 6.63. The minimum absolute atomic E-state index is 0.127. The average Bonchev–Trinajstić information content (AvgIpc) is 3.53. The second kappa shape index (κ2) is 7.52. The van der Waals surface area contributed by atoms with E-state index in [9.17, 15) is 5.26 Å². The predicted molar refractivity (Wildman–Crippen MR) is 121 cm³/mol. The van der Waals surface area contributed by atoms with Crippen molar-refractivity contribution in [2.45, 2.75) is 50.2 Å². The SMILES string of the molecule is N#CC1=C(c2ccc(C(N)P)cn2)C=C(C2CCC2)Cc2cc(C3CC3)ccc21. The van der Waals surface area contributed by atoms with Crippen molar-refractivity contribution in [1.82, 2.24) is 4.98 Å². The molecule has 0 radical (unpaired) electrons. The van der Waals surface area contributed by atoms with Crippen molar-refractivity contribution in [3.05, 3.63) is 76.1 Å². The highest BCUT2D eigenvalue weighted by Crippen LogP contribution is 2.44. The first-order chi connectivity index (χ1) is 14.1. The number of hydrogen-bond donors (Lipinski definition) is 1. The van der Waals surface area contributed by atoms with E-state index < -0.39 is 0 Å². The Labute approximate surface area is 174 Å². The topological polar surface area (TPSA) is 62.7 Å². The van der Waals surface area contributed by atoms with Crippen molar-refractivity contribution < 1.29 is 0 Å². The molecule has 1 heterocycles. The Hall–Kier alpha value is -2.27. The molecule has 29 heavy (non-hydrogen) atoms. The van der Waals surface area contributed by atoms with Crippen molar-refractivity contribution in [2.75, 3.05) is 0 Å². The number of rotatable bonds is 4. The van der Waals surface area contributed by atoms with Crippen LogP contribution in [0.3, 0.4) is 0 Å². The summed E-state index contributed by atoms with van der Waals surface area (Å²) in [4.78, 5) is 4.68. The number of hydrogen-bond acceptors (Lipinski definition) is 3. The first kappa shape index (κ1) is 18.7. The van der Waals surface area contributed by atoms with E-state index in [1.54, 1.807) is 0 Å². The van der Waals surface area contributed by atoms with E-state index >= 15 is 0 Å². The van der Waals surface area contributed by atoms with Gasteiger partial charge in [0.1, 0.15) is 6.07 Å². The van der Waals surface area contributed by atoms with E-state index in [0.717, 1.165) is 40.3 Å². The second-order valence-electron chi connectivity index (χ2n) is 8.62. The van der Waals surface area contributed by atoms with Crippen molar-refractivity contribution >= 4 is 20.4 Å². The van der Waals surface area contributed by atoms with Crippen molar-refractivity contribution in [2.24, 2.45) is 11.7 Å². The lowest BCUT2D eigenvalue weighted by Gasteiger charge is -2.28. The van der Waals surface area contributed by atoms with Crippen molar-refractivity contribution in [1.29, 1.82) is 5.26 Å². The number of pyridine rings is 1. The number of fused-ring (bicyclic) bond motifs is 1. The number of nitrogens with zero attached hydrogens (tertiary/aromatic N) is 2. The lowest BCUT2D eigenvalue weighted by atomic mass is 9.77. The number of aromatic nitrogens is 1. The molecule has 0 saturated heterocycles. The zero-order valence-corrected chi connectivity index (χ0v) is 17.7. The van der Waals surface area contributed by atoms with Crippen LogP contribution in [0.2, 0.25) is 0 Å². The molecule has 146 valence electrons. The first-order valence-electron chi connectivity index (χ1n) is 10.6. The van der Waals surface area contributed by atoms with Gasteiger partial charge in [-0.1, -0.05) is 42.3 Å². The molecule has 3 aliphatic rings. The van der Waals surface area contributed by atoms with Gasteiger partial charge in [0.05, 0.1) is 11.3 Å². The number of nitrogens with two attached hydrogens (primary N) is 1. The van der Waals surface area contributed by atoms with E-state index in [2.05, 4.69) is 44.6 Å². The maximum absolute atomic E-state index is 10.1. The van der Waals surface area contributed by atoms with Crippen molar-refractivity contribution in [3.63, 3.8) is 0 Å². The summed E-state index contributed by atoms with van der Waals surface area (Å²) in [5, 5.41) is 10.1. The Balaban J connectivity index is 1.66. The highest BCUT2D eigenvalue weighted by molar-refractivity contribution is 7.17. The second-order valence-corrected chi connectivity index (χ2v) is 9.34. The van der Waals surface area contributed by atoms with E-state index in [0.29, 0.717) is 5.92 Å². The van der Waals surface area contributed by atoms with Crippen LogP contribution in [-0.2, 0) is 6.42 Å². The fourth-order valence-corrected chi connectivity index (χ4v) is 4.67. The summed E-state index contributed by atoms with van der Waals surface area (Å²) < 4.78 is 0. The molecular formula is C25H26N3P. The molecule has 0 spiro atoms. The van der Waals surface area contributed by atoms with Crippen molar-refractivity contribution in [3.8, 4) is 6.07 Å². The van der Waals surface area contributed by atoms with Gasteiger partial charge >= 0.3 is 0 Å². The van der Waals surface area contributed by atoms with Crippen LogP contribution in [0.1, 0.15) is 71.8 Å². The zero-order valence-electron chi connectivity index (χ0n) is 16.6. The zero-order chi connectivity index (χ0) is 20.0. The lowest BCUT2D eigenvalue weighted by molar-refractivity contribution is 0.363. The fourth-order valence-electron chi connectivity index (χ4n) is 4.47. The fraction of sp³-hybridized carbons (Fsp3) is 0.360. The standard InChI is InChI=1S/C25H26N3P/c26-13-23-21-8-6-17(16-4-5-16)10-20(21)11-19(15-2-1-3-15)12-22(23)24-9-7-18(14-28-24)25(27)29/h6-10,12,14-16,25H,1-5,11,27,29H2. The van der Waals surface area contributed by atoms with Gasteiger partial charge in [-0.15, -0.1) is 9.24 Å². The molecular weight excluding hydrogens is 373 g/mol. The van der Waals surface area contributed by atoms with Gasteiger partial charge in [-0.3, -0.25) is 4.98 Å². The Morgan fingerprint density at radius 3 is 2.52 bits per heavy atom. The predicted octanol–water partition coefficient (Wildman–Crippen LogP) is 5.51. The summed E-state index contributed by atoms with van der Waals surface area (Å²) >= 11 is 0. The van der Waals surface area contributed by atoms with E-state index in [4.69, 9.17) is 5.73 Å². The smallest absolute Gasteiger partial charge is 0.100 e. The van der Waals surface area contributed by atoms with Crippen LogP contribution in [0, 0.1) is 17.2 Å². The molecule has 3 nitrogen and oxygen atoms in total. The van der Waals surface area contributed by atoms with E-state index in [-0.39, 0.29) is 5.78 Å².